The average Bonchev–Trinajstić information content (AvgIpc) is 3.30. The maximum absolute atomic E-state index is 12.9. The van der Waals surface area contributed by atoms with Crippen molar-refractivity contribution < 1.29 is 17.7 Å². The van der Waals surface area contributed by atoms with Gasteiger partial charge in [0.05, 0.1) is 5.25 Å². The number of nitrogens with zero attached hydrogens (tertiary/aromatic N) is 2. The molecule has 0 aliphatic heterocycles. The maximum atomic E-state index is 12.9. The smallest absolute Gasteiger partial charge is 0.238 e. The Kier molecular flexibility index (Phi) is 6.47. The molecule has 1 amide bonds. The van der Waals surface area contributed by atoms with E-state index >= 15 is 0 Å². The molecule has 0 radical (unpaired) electrons. The summed E-state index contributed by atoms with van der Waals surface area (Å²) in [5, 5.41) is 5.61. The topological polar surface area (TPSA) is 102 Å². The predicted octanol–water partition coefficient (Wildman–Crippen LogP) is 3.60. The van der Waals surface area contributed by atoms with Gasteiger partial charge in [-0.2, -0.15) is 4.98 Å². The highest BCUT2D eigenvalue weighted by atomic mass is 32.2. The van der Waals surface area contributed by atoms with Crippen molar-refractivity contribution in [2.45, 2.75) is 107 Å². The highest BCUT2D eigenvalue weighted by Gasteiger charge is 2.42. The van der Waals surface area contributed by atoms with Gasteiger partial charge in [0.15, 0.2) is 15.7 Å². The van der Waals surface area contributed by atoms with Crippen molar-refractivity contribution in [1.82, 2.24) is 15.5 Å². The van der Waals surface area contributed by atoms with E-state index in [0.717, 1.165) is 38.5 Å². The number of nitrogens with one attached hydrogen (secondary N) is 1. The molecule has 0 unspecified atom stereocenters. The molecule has 0 aromatic carbocycles. The second kappa shape index (κ2) is 8.51. The van der Waals surface area contributed by atoms with Gasteiger partial charge in [-0.15, -0.1) is 0 Å². The Morgan fingerprint density at radius 3 is 2.25 bits per heavy atom. The van der Waals surface area contributed by atoms with E-state index in [1.54, 1.807) is 13.8 Å². The zero-order chi connectivity index (χ0) is 20.4. The third-order valence-electron chi connectivity index (χ3n) is 6.41. The second-order valence-electron chi connectivity index (χ2n) is 8.70. The third-order valence-corrected chi connectivity index (χ3v) is 8.93. The fourth-order valence-electron chi connectivity index (χ4n) is 4.40. The number of carbonyl (C=O) groups excluding carboxylic acids is 1. The van der Waals surface area contributed by atoms with Gasteiger partial charge in [-0.3, -0.25) is 4.79 Å². The quantitative estimate of drug-likeness (QED) is 0.718. The van der Waals surface area contributed by atoms with Crippen LogP contribution in [0.25, 0.3) is 0 Å². The summed E-state index contributed by atoms with van der Waals surface area (Å²) >= 11 is 0. The first-order valence-electron chi connectivity index (χ1n) is 10.6. The molecule has 3 rings (SSSR count). The van der Waals surface area contributed by atoms with Gasteiger partial charge in [0, 0.05) is 5.92 Å². The highest BCUT2D eigenvalue weighted by Crippen LogP contribution is 2.38. The number of amides is 1. The first-order chi connectivity index (χ1) is 13.3. The van der Waals surface area contributed by atoms with Crippen LogP contribution in [0.3, 0.4) is 0 Å². The monoisotopic (exact) mass is 411 g/mol. The normalized spacial score (nSPS) is 22.1. The molecule has 1 N–H and O–H groups in total. The van der Waals surface area contributed by atoms with Gasteiger partial charge < -0.3 is 9.84 Å². The minimum Gasteiger partial charge on any atom is -0.342 e. The Labute approximate surface area is 168 Å². The van der Waals surface area contributed by atoms with E-state index in [9.17, 15) is 13.2 Å². The van der Waals surface area contributed by atoms with Gasteiger partial charge in [0.2, 0.25) is 11.8 Å². The van der Waals surface area contributed by atoms with Crippen LogP contribution in [0.5, 0.6) is 0 Å². The Morgan fingerprint density at radius 2 is 1.68 bits per heavy atom. The summed E-state index contributed by atoms with van der Waals surface area (Å²) in [7, 11) is -3.53. The molecule has 8 heteroatoms. The van der Waals surface area contributed by atoms with Crippen molar-refractivity contribution in [1.29, 1.82) is 0 Å². The number of hydrogen-bond donors (Lipinski definition) is 1. The van der Waals surface area contributed by atoms with Gasteiger partial charge in [-0.25, -0.2) is 8.42 Å². The fraction of sp³-hybridized carbons (Fsp3) is 0.850. The molecule has 1 heterocycles. The first-order valence-corrected chi connectivity index (χ1v) is 12.3. The Hall–Kier alpha value is -1.44. The number of rotatable bonds is 6. The summed E-state index contributed by atoms with van der Waals surface area (Å²) in [5.41, 5.74) is -0.741. The zero-order valence-corrected chi connectivity index (χ0v) is 18.1. The van der Waals surface area contributed by atoms with Crippen LogP contribution in [0.15, 0.2) is 4.52 Å². The van der Waals surface area contributed by atoms with E-state index in [2.05, 4.69) is 10.5 Å². The summed E-state index contributed by atoms with van der Waals surface area (Å²) in [6.45, 7) is 4.68. The van der Waals surface area contributed by atoms with E-state index in [1.807, 2.05) is 0 Å². The molecule has 2 aliphatic carbocycles. The fourth-order valence-corrected chi connectivity index (χ4v) is 5.57. The first kappa shape index (κ1) is 21.3. The Bertz CT molecular complexity index is 773. The molecular formula is C20H33N3O4S. The van der Waals surface area contributed by atoms with Crippen LogP contribution in [0, 0.1) is 0 Å². The summed E-state index contributed by atoms with van der Waals surface area (Å²) in [5.74, 6) is 1.01. The lowest BCUT2D eigenvalue weighted by Crippen LogP contribution is -2.51. The Balaban J connectivity index is 1.87. The lowest BCUT2D eigenvalue weighted by Gasteiger charge is -2.32. The van der Waals surface area contributed by atoms with Gasteiger partial charge in [-0.05, 0) is 46.5 Å². The number of hydrogen-bond acceptors (Lipinski definition) is 6. The van der Waals surface area contributed by atoms with Gasteiger partial charge in [0.1, 0.15) is 10.8 Å². The molecule has 28 heavy (non-hydrogen) atoms. The van der Waals surface area contributed by atoms with Crippen LogP contribution in [0.2, 0.25) is 0 Å². The van der Waals surface area contributed by atoms with Gasteiger partial charge in [-0.1, -0.05) is 43.7 Å². The van der Waals surface area contributed by atoms with Crippen LogP contribution in [-0.4, -0.2) is 35.0 Å². The van der Waals surface area contributed by atoms with Crippen molar-refractivity contribution in [2.75, 3.05) is 0 Å². The van der Waals surface area contributed by atoms with E-state index < -0.39 is 31.8 Å². The molecule has 0 saturated heterocycles. The van der Waals surface area contributed by atoms with Crippen molar-refractivity contribution >= 4 is 15.7 Å². The van der Waals surface area contributed by atoms with Crippen LogP contribution in [0.4, 0.5) is 0 Å². The average molecular weight is 412 g/mol. The molecular weight excluding hydrogens is 378 g/mol. The van der Waals surface area contributed by atoms with Crippen molar-refractivity contribution in [3.05, 3.63) is 11.7 Å². The maximum Gasteiger partial charge on any atom is 0.238 e. The van der Waals surface area contributed by atoms with Crippen molar-refractivity contribution in [3.8, 4) is 0 Å². The Morgan fingerprint density at radius 1 is 1.07 bits per heavy atom. The number of aromatic nitrogens is 2. The predicted molar refractivity (Wildman–Crippen MR) is 107 cm³/mol. The highest BCUT2D eigenvalue weighted by molar-refractivity contribution is 7.93. The van der Waals surface area contributed by atoms with Gasteiger partial charge >= 0.3 is 0 Å². The lowest BCUT2D eigenvalue weighted by molar-refractivity contribution is -0.122. The van der Waals surface area contributed by atoms with Crippen LogP contribution in [0.1, 0.15) is 103 Å². The summed E-state index contributed by atoms with van der Waals surface area (Å²) in [6.07, 6.45) is 9.94. The molecule has 1 atom stereocenters. The SMILES string of the molecule is CC(C)S(=O)(=O)[C@H](C)C(=O)NC1(c2noc(C3CCCC3)n2)CCCCCC1. The standard InChI is InChI=1S/C20H33N3O4S/c1-14(2)28(25,26)15(3)17(24)22-20(12-8-4-5-9-13-20)19-21-18(27-23-19)16-10-6-7-11-16/h14-16H,4-13H2,1-3H3,(H,22,24)/t15-/m1/s1. The molecule has 2 aliphatic rings. The summed E-state index contributed by atoms with van der Waals surface area (Å²) in [6, 6.07) is 0. The van der Waals surface area contributed by atoms with E-state index in [-0.39, 0.29) is 0 Å². The lowest BCUT2D eigenvalue weighted by atomic mass is 9.89. The van der Waals surface area contributed by atoms with Crippen LogP contribution < -0.4 is 5.32 Å². The van der Waals surface area contributed by atoms with Gasteiger partial charge in [0.25, 0.3) is 0 Å². The molecule has 0 bridgehead atoms. The molecule has 158 valence electrons. The molecule has 2 saturated carbocycles. The molecule has 2 fully saturated rings. The summed E-state index contributed by atoms with van der Waals surface area (Å²) < 4.78 is 30.6. The minimum atomic E-state index is -3.53. The van der Waals surface area contributed by atoms with Crippen LogP contribution >= 0.6 is 0 Å². The van der Waals surface area contributed by atoms with E-state index in [4.69, 9.17) is 9.51 Å². The molecule has 1 aromatic heterocycles. The van der Waals surface area contributed by atoms with E-state index in [1.165, 1.54) is 19.8 Å². The third kappa shape index (κ3) is 4.26. The zero-order valence-electron chi connectivity index (χ0n) is 17.2. The molecule has 7 nitrogen and oxygen atoms in total. The molecule has 1 aromatic rings. The van der Waals surface area contributed by atoms with Crippen LogP contribution in [-0.2, 0) is 20.2 Å². The van der Waals surface area contributed by atoms with Crippen molar-refractivity contribution in [3.63, 3.8) is 0 Å². The number of carbonyl (C=O) groups is 1. The van der Waals surface area contributed by atoms with Crippen molar-refractivity contribution in [2.24, 2.45) is 0 Å². The largest absolute Gasteiger partial charge is 0.342 e. The minimum absolute atomic E-state index is 0.306. The number of sulfone groups is 1. The second-order valence-corrected chi connectivity index (χ2v) is 11.5. The molecule has 0 spiro atoms. The summed E-state index contributed by atoms with van der Waals surface area (Å²) in [4.78, 5) is 17.6. The van der Waals surface area contributed by atoms with E-state index in [0.29, 0.717) is 30.5 Å².